The second-order valence-electron chi connectivity index (χ2n) is 6.52. The number of halogens is 2. The summed E-state index contributed by atoms with van der Waals surface area (Å²) >= 11 is 5.99. The molecule has 2 aromatic rings. The molecule has 0 radical (unpaired) electrons. The average molecular weight is 375 g/mol. The Kier molecular flexibility index (Phi) is 5.57. The molecule has 6 heteroatoms. The van der Waals surface area contributed by atoms with Crippen LogP contribution >= 0.6 is 11.6 Å². The highest BCUT2D eigenvalue weighted by Crippen LogP contribution is 2.24. The van der Waals surface area contributed by atoms with Gasteiger partial charge in [-0.15, -0.1) is 0 Å². The first kappa shape index (κ1) is 18.4. The zero-order valence-electron chi connectivity index (χ0n) is 14.5. The molecule has 0 aromatic heterocycles. The van der Waals surface area contributed by atoms with E-state index in [-0.39, 0.29) is 29.8 Å². The Labute approximate surface area is 157 Å². The van der Waals surface area contributed by atoms with Crippen molar-refractivity contribution in [3.8, 4) is 0 Å². The second-order valence-corrected chi connectivity index (χ2v) is 6.96. The number of aryl methyl sites for hydroxylation is 1. The molecule has 0 unspecified atom stereocenters. The van der Waals surface area contributed by atoms with Crippen LogP contribution in [0.1, 0.15) is 28.8 Å². The van der Waals surface area contributed by atoms with E-state index in [9.17, 15) is 14.0 Å². The van der Waals surface area contributed by atoms with Crippen molar-refractivity contribution in [3.05, 3.63) is 64.4 Å². The lowest BCUT2D eigenvalue weighted by Crippen LogP contribution is -2.44. The van der Waals surface area contributed by atoms with E-state index in [1.54, 1.807) is 29.2 Å². The van der Waals surface area contributed by atoms with Crippen LogP contribution in [0.2, 0.25) is 5.02 Å². The minimum atomic E-state index is -0.543. The van der Waals surface area contributed by atoms with Crippen molar-refractivity contribution in [3.63, 3.8) is 0 Å². The van der Waals surface area contributed by atoms with Gasteiger partial charge in [0.1, 0.15) is 5.82 Å². The monoisotopic (exact) mass is 374 g/mol. The van der Waals surface area contributed by atoms with E-state index < -0.39 is 5.82 Å². The van der Waals surface area contributed by atoms with E-state index in [0.717, 1.165) is 5.56 Å². The molecule has 1 heterocycles. The lowest BCUT2D eigenvalue weighted by atomic mass is 9.96. The van der Waals surface area contributed by atoms with Gasteiger partial charge in [-0.3, -0.25) is 9.59 Å². The molecule has 1 aliphatic rings. The topological polar surface area (TPSA) is 49.4 Å². The number of rotatable bonds is 3. The van der Waals surface area contributed by atoms with Crippen LogP contribution in [0.25, 0.3) is 0 Å². The number of anilines is 1. The van der Waals surface area contributed by atoms with Gasteiger partial charge < -0.3 is 10.2 Å². The maximum atomic E-state index is 13.9. The van der Waals surface area contributed by atoms with Gasteiger partial charge >= 0.3 is 0 Å². The Morgan fingerprint density at radius 1 is 1.23 bits per heavy atom. The third-order valence-electron chi connectivity index (χ3n) is 4.64. The maximum Gasteiger partial charge on any atom is 0.256 e. The summed E-state index contributed by atoms with van der Waals surface area (Å²) in [5.74, 6) is -1.41. The van der Waals surface area contributed by atoms with Crippen molar-refractivity contribution in [2.75, 3.05) is 18.4 Å². The molecule has 136 valence electrons. The van der Waals surface area contributed by atoms with Crippen LogP contribution in [0, 0.1) is 18.7 Å². The first-order valence-electron chi connectivity index (χ1n) is 8.56. The highest BCUT2D eigenvalue weighted by Gasteiger charge is 2.30. The summed E-state index contributed by atoms with van der Waals surface area (Å²) < 4.78 is 13.9. The third-order valence-corrected chi connectivity index (χ3v) is 4.88. The first-order chi connectivity index (χ1) is 12.5. The largest absolute Gasteiger partial charge is 0.338 e. The van der Waals surface area contributed by atoms with Gasteiger partial charge in [0.25, 0.3) is 5.91 Å². The van der Waals surface area contributed by atoms with Crippen LogP contribution in [0.5, 0.6) is 0 Å². The summed E-state index contributed by atoms with van der Waals surface area (Å²) in [6, 6.07) is 11.2. The normalized spacial score (nSPS) is 17.0. The molecule has 26 heavy (non-hydrogen) atoms. The number of nitrogens with zero attached hydrogens (tertiary/aromatic N) is 1. The van der Waals surface area contributed by atoms with Gasteiger partial charge in [0.15, 0.2) is 0 Å². The van der Waals surface area contributed by atoms with Gasteiger partial charge in [-0.05, 0) is 49.6 Å². The third kappa shape index (κ3) is 4.05. The van der Waals surface area contributed by atoms with Crippen molar-refractivity contribution in [2.24, 2.45) is 5.92 Å². The van der Waals surface area contributed by atoms with Crippen LogP contribution < -0.4 is 5.32 Å². The van der Waals surface area contributed by atoms with E-state index in [1.165, 1.54) is 12.1 Å². The van der Waals surface area contributed by atoms with Gasteiger partial charge in [-0.2, -0.15) is 0 Å². The van der Waals surface area contributed by atoms with Crippen LogP contribution in [0.4, 0.5) is 10.1 Å². The Bertz CT molecular complexity index is 840. The maximum absolute atomic E-state index is 13.9. The molecule has 0 saturated carbocycles. The molecule has 1 atom stereocenters. The zero-order valence-corrected chi connectivity index (χ0v) is 15.2. The van der Waals surface area contributed by atoms with Gasteiger partial charge in [0.2, 0.25) is 5.91 Å². The summed E-state index contributed by atoms with van der Waals surface area (Å²) in [6.07, 6.45) is 1.39. The average Bonchev–Trinajstić information content (AvgIpc) is 2.64. The summed E-state index contributed by atoms with van der Waals surface area (Å²) in [5, 5.41) is 3.44. The van der Waals surface area contributed by atoms with Gasteiger partial charge in [-0.1, -0.05) is 29.8 Å². The number of carbonyl (C=O) groups is 2. The molecule has 1 fully saturated rings. The molecule has 1 saturated heterocycles. The molecular formula is C20H20ClFN2O2. The highest BCUT2D eigenvalue weighted by atomic mass is 35.5. The fraction of sp³-hybridized carbons (Fsp3) is 0.300. The van der Waals surface area contributed by atoms with E-state index in [2.05, 4.69) is 5.32 Å². The molecule has 4 nitrogen and oxygen atoms in total. The van der Waals surface area contributed by atoms with Gasteiger partial charge in [0, 0.05) is 23.8 Å². The molecule has 0 bridgehead atoms. The van der Waals surface area contributed by atoms with Gasteiger partial charge in [-0.25, -0.2) is 4.39 Å². The number of amides is 2. The van der Waals surface area contributed by atoms with Crippen molar-refractivity contribution >= 4 is 29.1 Å². The number of hydrogen-bond acceptors (Lipinski definition) is 2. The lowest BCUT2D eigenvalue weighted by molar-refractivity contribution is -0.121. The Hall–Kier alpha value is -2.40. The minimum absolute atomic E-state index is 0.0410. The molecule has 0 aliphatic carbocycles. The quantitative estimate of drug-likeness (QED) is 0.871. The fourth-order valence-electron chi connectivity index (χ4n) is 3.14. The standard InChI is InChI=1S/C20H20ClFN2O2/c1-13-8-9-15(21)11-18(13)23-19(25)14-5-4-10-24(12-14)20(26)16-6-2-3-7-17(16)22/h2-3,6-9,11,14H,4-5,10,12H2,1H3,(H,23,25)/t14-/m1/s1. The SMILES string of the molecule is Cc1ccc(Cl)cc1NC(=O)[C@@H]1CCCN(C(=O)c2ccccc2F)C1. The van der Waals surface area contributed by atoms with Crippen molar-refractivity contribution in [2.45, 2.75) is 19.8 Å². The van der Waals surface area contributed by atoms with E-state index in [0.29, 0.717) is 30.1 Å². The van der Waals surface area contributed by atoms with Crippen molar-refractivity contribution < 1.29 is 14.0 Å². The number of hydrogen-bond donors (Lipinski definition) is 1. The fourth-order valence-corrected chi connectivity index (χ4v) is 3.32. The predicted molar refractivity (Wildman–Crippen MR) is 99.8 cm³/mol. The number of likely N-dealkylation sites (tertiary alicyclic amines) is 1. The molecule has 2 aromatic carbocycles. The molecule has 1 N–H and O–H groups in total. The minimum Gasteiger partial charge on any atom is -0.338 e. The molecular weight excluding hydrogens is 355 g/mol. The number of benzene rings is 2. The number of nitrogens with one attached hydrogen (secondary N) is 1. The van der Waals surface area contributed by atoms with Crippen LogP contribution in [-0.2, 0) is 4.79 Å². The summed E-state index contributed by atoms with van der Waals surface area (Å²) in [5.41, 5.74) is 1.62. The Morgan fingerprint density at radius 2 is 2.00 bits per heavy atom. The summed E-state index contributed by atoms with van der Waals surface area (Å²) in [7, 11) is 0. The van der Waals surface area contributed by atoms with E-state index in [1.807, 2.05) is 13.0 Å². The molecule has 3 rings (SSSR count). The smallest absolute Gasteiger partial charge is 0.256 e. The van der Waals surface area contributed by atoms with Crippen LogP contribution in [-0.4, -0.2) is 29.8 Å². The van der Waals surface area contributed by atoms with Gasteiger partial charge in [0.05, 0.1) is 11.5 Å². The summed E-state index contributed by atoms with van der Waals surface area (Å²) in [4.78, 5) is 26.8. The van der Waals surface area contributed by atoms with Crippen molar-refractivity contribution in [1.82, 2.24) is 4.90 Å². The molecule has 2 amide bonds. The first-order valence-corrected chi connectivity index (χ1v) is 8.94. The Balaban J connectivity index is 1.70. The second kappa shape index (κ2) is 7.87. The van der Waals surface area contributed by atoms with Crippen LogP contribution in [0.15, 0.2) is 42.5 Å². The Morgan fingerprint density at radius 3 is 2.77 bits per heavy atom. The van der Waals surface area contributed by atoms with E-state index >= 15 is 0 Å². The molecule has 1 aliphatic heterocycles. The van der Waals surface area contributed by atoms with Crippen molar-refractivity contribution in [1.29, 1.82) is 0 Å². The molecule has 0 spiro atoms. The number of carbonyl (C=O) groups excluding carboxylic acids is 2. The lowest BCUT2D eigenvalue weighted by Gasteiger charge is -2.32. The summed E-state index contributed by atoms with van der Waals surface area (Å²) in [6.45, 7) is 2.69. The van der Waals surface area contributed by atoms with E-state index in [4.69, 9.17) is 11.6 Å². The van der Waals surface area contributed by atoms with Crippen LogP contribution in [0.3, 0.4) is 0 Å². The highest BCUT2D eigenvalue weighted by molar-refractivity contribution is 6.31. The predicted octanol–water partition coefficient (Wildman–Crippen LogP) is 4.28. The zero-order chi connectivity index (χ0) is 18.7. The number of piperidine rings is 1.